The summed E-state index contributed by atoms with van der Waals surface area (Å²) in [6.45, 7) is 4.33. The van der Waals surface area contributed by atoms with E-state index in [0.29, 0.717) is 6.61 Å². The number of ether oxygens (including phenoxy) is 1. The predicted molar refractivity (Wildman–Crippen MR) is 88.9 cm³/mol. The molecule has 0 heterocycles. The molecule has 0 spiro atoms. The zero-order valence-corrected chi connectivity index (χ0v) is 13.5. The zero-order chi connectivity index (χ0) is 16.2. The smallest absolute Gasteiger partial charge is 0.330 e. The summed E-state index contributed by atoms with van der Waals surface area (Å²) in [4.78, 5) is 11.4. The SMILES string of the molecule is CCCCCCC(/C=C/C(=O)OCC)=C\c1ccc(F)cc1. The lowest BCUT2D eigenvalue weighted by molar-refractivity contribution is -0.137. The second kappa shape index (κ2) is 10.8. The van der Waals surface area contributed by atoms with E-state index < -0.39 is 0 Å². The van der Waals surface area contributed by atoms with Crippen LogP contribution in [0.5, 0.6) is 0 Å². The molecular weight excluding hydrogens is 279 g/mol. The Balaban J connectivity index is 2.75. The number of carbonyl (C=O) groups excluding carboxylic acids is 1. The number of carbonyl (C=O) groups is 1. The summed E-state index contributed by atoms with van der Waals surface area (Å²) in [5.41, 5.74) is 1.98. The maximum Gasteiger partial charge on any atom is 0.330 e. The van der Waals surface area contributed by atoms with Crippen LogP contribution in [0.25, 0.3) is 6.08 Å². The van der Waals surface area contributed by atoms with E-state index in [9.17, 15) is 9.18 Å². The fourth-order valence-electron chi connectivity index (χ4n) is 2.10. The second-order valence-electron chi connectivity index (χ2n) is 5.17. The molecule has 22 heavy (non-hydrogen) atoms. The topological polar surface area (TPSA) is 26.3 Å². The molecule has 0 atom stereocenters. The Kier molecular flexibility index (Phi) is 8.89. The number of halogens is 1. The number of esters is 1. The lowest BCUT2D eigenvalue weighted by atomic mass is 10.0. The van der Waals surface area contributed by atoms with Crippen molar-refractivity contribution < 1.29 is 13.9 Å². The molecule has 0 radical (unpaired) electrons. The first-order chi connectivity index (χ1) is 10.7. The normalized spacial score (nSPS) is 11.9. The van der Waals surface area contributed by atoms with Crippen molar-refractivity contribution in [2.45, 2.75) is 46.0 Å². The quantitative estimate of drug-likeness (QED) is 0.268. The zero-order valence-electron chi connectivity index (χ0n) is 13.5. The Morgan fingerprint density at radius 3 is 2.45 bits per heavy atom. The lowest BCUT2D eigenvalue weighted by Gasteiger charge is -2.04. The summed E-state index contributed by atoms with van der Waals surface area (Å²) in [6.07, 6.45) is 10.8. The fourth-order valence-corrected chi connectivity index (χ4v) is 2.10. The highest BCUT2D eigenvalue weighted by Crippen LogP contribution is 2.16. The van der Waals surface area contributed by atoms with Crippen molar-refractivity contribution in [3.05, 3.63) is 53.4 Å². The van der Waals surface area contributed by atoms with E-state index in [4.69, 9.17) is 4.74 Å². The summed E-state index contributed by atoms with van der Waals surface area (Å²) in [7, 11) is 0. The number of hydrogen-bond acceptors (Lipinski definition) is 2. The molecule has 0 fully saturated rings. The maximum atomic E-state index is 13.0. The van der Waals surface area contributed by atoms with Crippen molar-refractivity contribution >= 4 is 12.0 Å². The third-order valence-electron chi connectivity index (χ3n) is 3.26. The standard InChI is InChI=1S/C19H25FO2/c1-3-5-6-7-8-16(11-14-19(21)22-4-2)15-17-9-12-18(20)13-10-17/h9-15H,3-8H2,1-2H3/b14-11+,16-15+. The molecule has 0 aliphatic heterocycles. The molecule has 0 amide bonds. The average molecular weight is 304 g/mol. The Morgan fingerprint density at radius 2 is 1.82 bits per heavy atom. The van der Waals surface area contributed by atoms with E-state index in [1.807, 2.05) is 6.08 Å². The summed E-state index contributed by atoms with van der Waals surface area (Å²) >= 11 is 0. The van der Waals surface area contributed by atoms with Crippen LogP contribution >= 0.6 is 0 Å². The van der Waals surface area contributed by atoms with Gasteiger partial charge in [0.25, 0.3) is 0 Å². The van der Waals surface area contributed by atoms with Gasteiger partial charge in [-0.3, -0.25) is 0 Å². The van der Waals surface area contributed by atoms with E-state index in [-0.39, 0.29) is 11.8 Å². The molecule has 0 aromatic heterocycles. The molecule has 1 rings (SSSR count). The van der Waals surface area contributed by atoms with Crippen LogP contribution in [0.15, 0.2) is 42.0 Å². The van der Waals surface area contributed by atoms with Crippen LogP contribution in [0.2, 0.25) is 0 Å². The first kappa shape index (κ1) is 18.1. The summed E-state index contributed by atoms with van der Waals surface area (Å²) in [6, 6.07) is 6.35. The van der Waals surface area contributed by atoms with Crippen molar-refractivity contribution in [2.24, 2.45) is 0 Å². The third-order valence-corrected chi connectivity index (χ3v) is 3.26. The molecule has 120 valence electrons. The molecule has 2 nitrogen and oxygen atoms in total. The summed E-state index contributed by atoms with van der Waals surface area (Å²) < 4.78 is 17.9. The molecule has 0 aliphatic rings. The minimum absolute atomic E-state index is 0.247. The van der Waals surface area contributed by atoms with Gasteiger partial charge in [0, 0.05) is 6.08 Å². The van der Waals surface area contributed by atoms with Gasteiger partial charge in [-0.25, -0.2) is 9.18 Å². The monoisotopic (exact) mass is 304 g/mol. The van der Waals surface area contributed by atoms with E-state index in [1.165, 1.54) is 37.5 Å². The summed E-state index contributed by atoms with van der Waals surface area (Å²) in [5.74, 6) is -0.579. The largest absolute Gasteiger partial charge is 0.463 e. The van der Waals surface area contributed by atoms with Crippen molar-refractivity contribution in [3.8, 4) is 0 Å². The van der Waals surface area contributed by atoms with E-state index >= 15 is 0 Å². The van der Waals surface area contributed by atoms with Crippen LogP contribution in [0.1, 0.15) is 51.5 Å². The van der Waals surface area contributed by atoms with Gasteiger partial charge in [0.1, 0.15) is 5.82 Å². The molecule has 1 aromatic rings. The Morgan fingerprint density at radius 1 is 1.09 bits per heavy atom. The number of benzene rings is 1. The molecule has 3 heteroatoms. The summed E-state index contributed by atoms with van der Waals surface area (Å²) in [5, 5.41) is 0. The van der Waals surface area contributed by atoms with Crippen LogP contribution in [0.4, 0.5) is 4.39 Å². The molecule has 0 bridgehead atoms. The van der Waals surface area contributed by atoms with Crippen LogP contribution in [0, 0.1) is 5.82 Å². The van der Waals surface area contributed by atoms with Crippen LogP contribution in [0.3, 0.4) is 0 Å². The van der Waals surface area contributed by atoms with Crippen molar-refractivity contribution in [1.82, 2.24) is 0 Å². The van der Waals surface area contributed by atoms with Gasteiger partial charge in [-0.2, -0.15) is 0 Å². The first-order valence-corrected chi connectivity index (χ1v) is 7.96. The molecular formula is C19H25FO2. The first-order valence-electron chi connectivity index (χ1n) is 7.96. The van der Waals surface area contributed by atoms with Gasteiger partial charge in [0.15, 0.2) is 0 Å². The average Bonchev–Trinajstić information content (AvgIpc) is 2.51. The van der Waals surface area contributed by atoms with E-state index in [2.05, 4.69) is 6.92 Å². The molecule has 1 aromatic carbocycles. The van der Waals surface area contributed by atoms with Crippen LogP contribution in [-0.4, -0.2) is 12.6 Å². The molecule has 0 aliphatic carbocycles. The Hall–Kier alpha value is -1.90. The maximum absolute atomic E-state index is 13.0. The Labute approximate surface area is 132 Å². The molecule has 0 unspecified atom stereocenters. The van der Waals surface area contributed by atoms with E-state index in [1.54, 1.807) is 25.1 Å². The minimum Gasteiger partial charge on any atom is -0.463 e. The highest BCUT2D eigenvalue weighted by molar-refractivity contribution is 5.82. The highest BCUT2D eigenvalue weighted by atomic mass is 19.1. The lowest BCUT2D eigenvalue weighted by Crippen LogP contribution is -1.99. The van der Waals surface area contributed by atoms with Gasteiger partial charge in [-0.15, -0.1) is 0 Å². The fraction of sp³-hybridized carbons (Fsp3) is 0.421. The van der Waals surface area contributed by atoms with Gasteiger partial charge in [-0.05, 0) is 43.0 Å². The van der Waals surface area contributed by atoms with Gasteiger partial charge in [-0.1, -0.05) is 50.5 Å². The van der Waals surface area contributed by atoms with Crippen LogP contribution < -0.4 is 0 Å². The number of unbranched alkanes of at least 4 members (excludes halogenated alkanes) is 3. The van der Waals surface area contributed by atoms with Gasteiger partial charge >= 0.3 is 5.97 Å². The third kappa shape index (κ3) is 7.77. The second-order valence-corrected chi connectivity index (χ2v) is 5.17. The molecule has 0 N–H and O–H groups in total. The van der Waals surface area contributed by atoms with Crippen LogP contribution in [-0.2, 0) is 9.53 Å². The van der Waals surface area contributed by atoms with Crippen molar-refractivity contribution in [1.29, 1.82) is 0 Å². The van der Waals surface area contributed by atoms with Gasteiger partial charge in [0.05, 0.1) is 6.61 Å². The van der Waals surface area contributed by atoms with Crippen molar-refractivity contribution in [3.63, 3.8) is 0 Å². The number of allylic oxidation sites excluding steroid dienone is 2. The number of hydrogen-bond donors (Lipinski definition) is 0. The van der Waals surface area contributed by atoms with Gasteiger partial charge < -0.3 is 4.74 Å². The minimum atomic E-state index is -0.332. The Bertz CT molecular complexity index is 501. The highest BCUT2D eigenvalue weighted by Gasteiger charge is 1.99. The number of rotatable bonds is 9. The van der Waals surface area contributed by atoms with Gasteiger partial charge in [0.2, 0.25) is 0 Å². The predicted octanol–water partition coefficient (Wildman–Crippen LogP) is 5.30. The van der Waals surface area contributed by atoms with Crippen molar-refractivity contribution in [2.75, 3.05) is 6.61 Å². The molecule has 0 saturated heterocycles. The molecule has 0 saturated carbocycles. The van der Waals surface area contributed by atoms with E-state index in [0.717, 1.165) is 24.0 Å².